The van der Waals surface area contributed by atoms with Gasteiger partial charge >= 0.3 is 53.8 Å². The fraction of sp³-hybridized carbons (Fsp3) is 0.500. The predicted octanol–water partition coefficient (Wildman–Crippen LogP) is 7.00. The van der Waals surface area contributed by atoms with Crippen LogP contribution in [-0.4, -0.2) is 59.1 Å². The Morgan fingerprint density at radius 1 is 0.674 bits per heavy atom. The van der Waals surface area contributed by atoms with E-state index in [9.17, 15) is 93.3 Å². The maximum Gasteiger partial charge on any atom is 0.438 e. The first-order valence-corrected chi connectivity index (χ1v) is 10.2. The number of hydrogen-bond acceptors (Lipinski definition) is 3. The minimum absolute atomic E-state index is 0.558. The number of halogens is 20. The van der Waals surface area contributed by atoms with Gasteiger partial charge in [-0.1, -0.05) is 5.76 Å². The first-order chi connectivity index (χ1) is 18.7. The van der Waals surface area contributed by atoms with Gasteiger partial charge in [0, 0.05) is 6.42 Å². The van der Waals surface area contributed by atoms with Crippen LogP contribution in [0.25, 0.3) is 5.76 Å². The Morgan fingerprint density at radius 3 is 1.44 bits per heavy atom. The van der Waals surface area contributed by atoms with Crippen molar-refractivity contribution >= 4 is 22.9 Å². The molecule has 0 saturated heterocycles. The van der Waals surface area contributed by atoms with Gasteiger partial charge in [-0.25, -0.2) is 9.38 Å². The fourth-order valence-corrected chi connectivity index (χ4v) is 4.03. The maximum atomic E-state index is 15.2. The Hall–Kier alpha value is -3.30. The number of fused-ring (bicyclic) bond motifs is 1. The van der Waals surface area contributed by atoms with Crippen molar-refractivity contribution < 1.29 is 97.7 Å². The summed E-state index contributed by atoms with van der Waals surface area (Å²) in [7, 11) is 0. The molecule has 3 rings (SSSR count). The predicted molar refractivity (Wildman–Crippen MR) is 94.9 cm³/mol. The summed E-state index contributed by atoms with van der Waals surface area (Å²) < 4.78 is 271. The molecule has 0 bridgehead atoms. The number of alkyl halides is 20. The van der Waals surface area contributed by atoms with Gasteiger partial charge in [-0.3, -0.25) is 4.79 Å². The van der Waals surface area contributed by atoms with E-state index in [-0.39, 0.29) is 0 Å². The molecule has 0 unspecified atom stereocenters. The molecule has 0 radical (unpaired) electrons. The molecule has 0 aliphatic heterocycles. The van der Waals surface area contributed by atoms with Crippen LogP contribution >= 0.6 is 0 Å². The van der Waals surface area contributed by atoms with Gasteiger partial charge in [-0.05, 0) is 28.8 Å². The number of benzene rings is 1. The number of hydrogen-bond donors (Lipinski definition) is 0. The second-order valence-corrected chi connectivity index (χ2v) is 8.82. The van der Waals surface area contributed by atoms with Crippen molar-refractivity contribution in [3.8, 4) is 0 Å². The van der Waals surface area contributed by atoms with E-state index in [1.807, 2.05) is 4.99 Å². The summed E-state index contributed by atoms with van der Waals surface area (Å²) in [6.07, 6.45) is -21.3. The van der Waals surface area contributed by atoms with Crippen LogP contribution in [0, 0.1) is 0 Å². The monoisotopic (exact) mass is 670 g/mol. The molecule has 0 atom stereocenters. The normalized spacial score (nSPS) is 23.5. The van der Waals surface area contributed by atoms with Crippen molar-refractivity contribution in [3.63, 3.8) is 0 Å². The summed E-state index contributed by atoms with van der Waals surface area (Å²) in [5.41, 5.74) is -22.5. The molecule has 2 aliphatic rings. The van der Waals surface area contributed by atoms with Gasteiger partial charge in [0.05, 0.1) is 11.3 Å². The van der Waals surface area contributed by atoms with E-state index >= 15 is 4.39 Å². The number of rotatable bonds is 3. The number of aliphatic imine (C=N–C) groups is 1. The van der Waals surface area contributed by atoms with Crippen molar-refractivity contribution in [1.82, 2.24) is 0 Å². The third-order valence-corrected chi connectivity index (χ3v) is 6.22. The highest BCUT2D eigenvalue weighted by molar-refractivity contribution is 6.10. The largest absolute Gasteiger partial charge is 0.872 e. The second-order valence-electron chi connectivity index (χ2n) is 8.82. The number of nitrogens with zero attached hydrogens (tertiary/aromatic N) is 1. The molecule has 242 valence electrons. The van der Waals surface area contributed by atoms with E-state index in [0.29, 0.717) is 0 Å². The van der Waals surface area contributed by atoms with Crippen molar-refractivity contribution in [2.75, 3.05) is 0 Å². The van der Waals surface area contributed by atoms with E-state index in [4.69, 9.17) is 0 Å². The summed E-state index contributed by atoms with van der Waals surface area (Å²) in [5.74, 6) is -46.2. The number of allylic oxidation sites excluding steroid dienone is 1. The van der Waals surface area contributed by atoms with Gasteiger partial charge in [-0.2, -0.15) is 83.4 Å². The lowest BCUT2D eigenvalue weighted by atomic mass is 9.69. The second kappa shape index (κ2) is 8.88. The fourth-order valence-electron chi connectivity index (χ4n) is 4.03. The summed E-state index contributed by atoms with van der Waals surface area (Å²) >= 11 is 0. The Kier molecular flexibility index (Phi) is 7.06. The maximum absolute atomic E-state index is 15.2. The number of Topliss-reactive ketones (excluding diaryl/α,β-unsaturated/α-hetero) is 1. The lowest BCUT2D eigenvalue weighted by molar-refractivity contribution is -0.475. The molecule has 3 nitrogen and oxygen atoms in total. The van der Waals surface area contributed by atoms with Crippen LogP contribution in [0.15, 0.2) is 22.7 Å². The highest BCUT2D eigenvalue weighted by Crippen LogP contribution is 2.70. The Balaban J connectivity index is 2.36. The topological polar surface area (TPSA) is 52.5 Å². The zero-order valence-corrected chi connectivity index (χ0v) is 19.2. The quantitative estimate of drug-likeness (QED) is 0.257. The average molecular weight is 670 g/mol. The molecule has 0 amide bonds. The van der Waals surface area contributed by atoms with Crippen molar-refractivity contribution in [3.05, 3.63) is 34.4 Å². The molecule has 1 aromatic carbocycles. The third-order valence-electron chi connectivity index (χ3n) is 6.22. The average Bonchev–Trinajstić information content (AvgIpc) is 3.14. The summed E-state index contributed by atoms with van der Waals surface area (Å²) in [5, 5.41) is 12.5. The Bertz CT molecular complexity index is 1380. The van der Waals surface area contributed by atoms with Crippen LogP contribution in [0.4, 0.5) is 93.5 Å². The molecule has 0 aromatic heterocycles. The zero-order valence-electron chi connectivity index (χ0n) is 19.2. The van der Waals surface area contributed by atoms with Crippen LogP contribution in [0.2, 0.25) is 0 Å². The Morgan fingerprint density at radius 2 is 1.07 bits per heavy atom. The molecule has 1 fully saturated rings. The van der Waals surface area contributed by atoms with Crippen LogP contribution in [0.1, 0.15) is 16.7 Å². The Labute approximate surface area is 221 Å². The summed E-state index contributed by atoms with van der Waals surface area (Å²) in [4.78, 5) is 14.3. The lowest BCUT2D eigenvalue weighted by Crippen LogP contribution is -2.85. The third kappa shape index (κ3) is 4.25. The molecule has 1 saturated carbocycles. The van der Waals surface area contributed by atoms with Crippen LogP contribution in [0.3, 0.4) is 0 Å². The highest BCUT2D eigenvalue weighted by Gasteiger charge is 3.02. The van der Waals surface area contributed by atoms with E-state index in [1.54, 1.807) is 0 Å². The molecule has 1 aromatic rings. The molecule has 43 heavy (non-hydrogen) atoms. The van der Waals surface area contributed by atoms with Crippen molar-refractivity contribution in [1.29, 1.82) is 0 Å². The molecule has 0 heterocycles. The van der Waals surface area contributed by atoms with Gasteiger partial charge in [-0.15, -0.1) is 0 Å². The van der Waals surface area contributed by atoms with E-state index < -0.39 is 118 Å². The van der Waals surface area contributed by atoms with Gasteiger partial charge in [0.15, 0.2) is 0 Å². The minimum atomic E-state index is -7.86. The SMILES string of the molecule is O=C(C1=C([O-])c2cc(C(F)(F)F)cc(N=C(C(F)(F)F)C(F)(F)F)c2C1)C1(F)C(F)(F)C(F)(F)C(F)(F)C(F)(F)C1(F)F. The zero-order chi connectivity index (χ0) is 33.9. The molecular formula is C20H4F20NO2-. The van der Waals surface area contributed by atoms with Gasteiger partial charge in [0.25, 0.3) is 0 Å². The van der Waals surface area contributed by atoms with E-state index in [0.717, 1.165) is 0 Å². The highest BCUT2D eigenvalue weighted by atomic mass is 19.4. The first kappa shape index (κ1) is 34.2. The smallest absolute Gasteiger partial charge is 0.438 e. The van der Waals surface area contributed by atoms with E-state index in [2.05, 4.69) is 0 Å². The number of ketones is 1. The van der Waals surface area contributed by atoms with Crippen LogP contribution in [-0.2, 0) is 17.4 Å². The summed E-state index contributed by atoms with van der Waals surface area (Å²) in [6, 6.07) is -1.24. The lowest BCUT2D eigenvalue weighted by Gasteiger charge is -2.51. The molecule has 0 N–H and O–H groups in total. The van der Waals surface area contributed by atoms with E-state index in [1.165, 1.54) is 0 Å². The summed E-state index contributed by atoms with van der Waals surface area (Å²) in [6.45, 7) is 0. The number of carbonyl (C=O) groups excluding carboxylic acids is 1. The van der Waals surface area contributed by atoms with Crippen LogP contribution < -0.4 is 5.11 Å². The molecule has 23 heteroatoms. The standard InChI is InChI=1S/C20H5F20NO2/c21-12(16(31,32)18(35,36)20(39,40)19(37,38)17(12,33)34)10(43)7-3-5-6(9(7)42)1-4(13(22,23)24)2-8(5)41-11(14(25,26)27)15(28,29)30/h1-2,42H,3H2/p-1. The van der Waals surface area contributed by atoms with Gasteiger partial charge in [0.1, 0.15) is 0 Å². The molecule has 0 spiro atoms. The van der Waals surface area contributed by atoms with Crippen LogP contribution in [0.5, 0.6) is 0 Å². The van der Waals surface area contributed by atoms with Gasteiger partial charge in [0.2, 0.25) is 11.5 Å². The number of carbonyl (C=O) groups is 1. The van der Waals surface area contributed by atoms with Crippen molar-refractivity contribution in [2.45, 2.75) is 60.2 Å². The van der Waals surface area contributed by atoms with Gasteiger partial charge < -0.3 is 5.11 Å². The minimum Gasteiger partial charge on any atom is -0.872 e. The first-order valence-electron chi connectivity index (χ1n) is 10.2. The molecule has 2 aliphatic carbocycles. The van der Waals surface area contributed by atoms with Crippen molar-refractivity contribution in [2.24, 2.45) is 4.99 Å². The molecular weight excluding hydrogens is 666 g/mol.